The topological polar surface area (TPSA) is 62.7 Å². The number of hydrogen-bond donors (Lipinski definition) is 1. The molecule has 68 valence electrons. The van der Waals surface area contributed by atoms with Crippen molar-refractivity contribution in [3.05, 3.63) is 22.5 Å². The zero-order valence-corrected chi connectivity index (χ0v) is 7.02. The van der Waals surface area contributed by atoms with Crippen LogP contribution in [0.2, 0.25) is 5.15 Å². The number of alkyl halides is 2. The van der Waals surface area contributed by atoms with Gasteiger partial charge in [0.1, 0.15) is 16.9 Å². The summed E-state index contributed by atoms with van der Waals surface area (Å²) in [6.07, 6.45) is -2.83. The van der Waals surface area contributed by atoms with E-state index >= 15 is 0 Å². The van der Waals surface area contributed by atoms with Crippen molar-refractivity contribution in [3.8, 4) is 6.07 Å². The van der Waals surface area contributed by atoms with Crippen molar-refractivity contribution in [2.45, 2.75) is 6.43 Å². The van der Waals surface area contributed by atoms with Gasteiger partial charge >= 0.3 is 0 Å². The second kappa shape index (κ2) is 3.54. The fourth-order valence-electron chi connectivity index (χ4n) is 0.801. The van der Waals surface area contributed by atoms with Crippen LogP contribution in [-0.2, 0) is 0 Å². The Balaban J connectivity index is 3.38. The SMILES string of the molecule is N#Cc1cc(Cl)nc(C(F)F)c1N. The quantitative estimate of drug-likeness (QED) is 0.711. The van der Waals surface area contributed by atoms with Gasteiger partial charge in [-0.2, -0.15) is 5.26 Å². The van der Waals surface area contributed by atoms with Gasteiger partial charge in [-0.25, -0.2) is 13.8 Å². The van der Waals surface area contributed by atoms with E-state index in [0.29, 0.717) is 0 Å². The minimum atomic E-state index is -2.83. The van der Waals surface area contributed by atoms with Gasteiger partial charge in [-0.3, -0.25) is 0 Å². The number of rotatable bonds is 1. The number of nitrogen functional groups attached to an aromatic ring is 1. The highest BCUT2D eigenvalue weighted by atomic mass is 35.5. The van der Waals surface area contributed by atoms with E-state index in [1.165, 1.54) is 0 Å². The molecule has 0 amide bonds. The molecule has 3 nitrogen and oxygen atoms in total. The van der Waals surface area contributed by atoms with Gasteiger partial charge in [0.15, 0.2) is 0 Å². The van der Waals surface area contributed by atoms with Crippen LogP contribution in [0, 0.1) is 11.3 Å². The van der Waals surface area contributed by atoms with Crippen molar-refractivity contribution in [1.29, 1.82) is 5.26 Å². The lowest BCUT2D eigenvalue weighted by atomic mass is 10.2. The normalized spacial score (nSPS) is 10.1. The zero-order chi connectivity index (χ0) is 10.0. The lowest BCUT2D eigenvalue weighted by molar-refractivity contribution is 0.147. The Labute approximate surface area is 77.7 Å². The van der Waals surface area contributed by atoms with Gasteiger partial charge in [0, 0.05) is 0 Å². The summed E-state index contributed by atoms with van der Waals surface area (Å²) in [5.74, 6) is 0. The molecule has 1 heterocycles. The monoisotopic (exact) mass is 203 g/mol. The van der Waals surface area contributed by atoms with Gasteiger partial charge in [0.25, 0.3) is 6.43 Å². The summed E-state index contributed by atoms with van der Waals surface area (Å²) in [4.78, 5) is 3.32. The third-order valence-corrected chi connectivity index (χ3v) is 1.58. The van der Waals surface area contributed by atoms with E-state index in [9.17, 15) is 8.78 Å². The first-order valence-electron chi connectivity index (χ1n) is 3.20. The minimum absolute atomic E-state index is 0.0877. The van der Waals surface area contributed by atoms with E-state index in [4.69, 9.17) is 22.6 Å². The Morgan fingerprint density at radius 1 is 1.62 bits per heavy atom. The first kappa shape index (κ1) is 9.68. The van der Waals surface area contributed by atoms with Crippen LogP contribution in [0.1, 0.15) is 17.7 Å². The maximum Gasteiger partial charge on any atom is 0.282 e. The van der Waals surface area contributed by atoms with Crippen molar-refractivity contribution in [1.82, 2.24) is 4.98 Å². The van der Waals surface area contributed by atoms with Gasteiger partial charge in [-0.15, -0.1) is 0 Å². The summed E-state index contributed by atoms with van der Waals surface area (Å²) in [5.41, 5.74) is 4.19. The summed E-state index contributed by atoms with van der Waals surface area (Å²) >= 11 is 5.39. The molecule has 0 aromatic carbocycles. The Bertz CT molecular complexity index is 373. The summed E-state index contributed by atoms with van der Waals surface area (Å²) in [5, 5.41) is 8.32. The number of anilines is 1. The van der Waals surface area contributed by atoms with Crippen LogP contribution < -0.4 is 5.73 Å². The fraction of sp³-hybridized carbons (Fsp3) is 0.143. The highest BCUT2D eigenvalue weighted by molar-refractivity contribution is 6.29. The molecule has 0 spiro atoms. The Morgan fingerprint density at radius 3 is 2.69 bits per heavy atom. The molecule has 2 N–H and O–H groups in total. The Hall–Kier alpha value is -1.41. The van der Waals surface area contributed by atoms with Gasteiger partial charge in [-0.1, -0.05) is 11.6 Å². The van der Waals surface area contributed by atoms with Gasteiger partial charge in [0.2, 0.25) is 0 Å². The third-order valence-electron chi connectivity index (χ3n) is 1.38. The molecule has 0 unspecified atom stereocenters. The van der Waals surface area contributed by atoms with E-state index in [1.54, 1.807) is 6.07 Å². The van der Waals surface area contributed by atoms with Crippen molar-refractivity contribution < 1.29 is 8.78 Å². The lowest BCUT2D eigenvalue weighted by Gasteiger charge is -2.04. The van der Waals surface area contributed by atoms with Crippen LogP contribution in [0.5, 0.6) is 0 Å². The van der Waals surface area contributed by atoms with Crippen molar-refractivity contribution >= 4 is 17.3 Å². The molecule has 13 heavy (non-hydrogen) atoms. The van der Waals surface area contributed by atoms with E-state index in [-0.39, 0.29) is 16.4 Å². The minimum Gasteiger partial charge on any atom is -0.396 e. The molecule has 0 aliphatic heterocycles. The van der Waals surface area contributed by atoms with Crippen LogP contribution in [0.4, 0.5) is 14.5 Å². The number of nitrogens with two attached hydrogens (primary N) is 1. The maximum absolute atomic E-state index is 12.2. The molecule has 6 heteroatoms. The van der Waals surface area contributed by atoms with E-state index < -0.39 is 12.1 Å². The number of nitriles is 1. The van der Waals surface area contributed by atoms with Gasteiger partial charge in [0.05, 0.1) is 11.3 Å². The molecule has 0 atom stereocenters. The smallest absolute Gasteiger partial charge is 0.282 e. The van der Waals surface area contributed by atoms with E-state index in [2.05, 4.69) is 4.98 Å². The van der Waals surface area contributed by atoms with Gasteiger partial charge in [-0.05, 0) is 6.07 Å². The van der Waals surface area contributed by atoms with Crippen LogP contribution in [0.3, 0.4) is 0 Å². The fourth-order valence-corrected chi connectivity index (χ4v) is 1.00. The standard InChI is InChI=1S/C7H4ClF2N3/c8-4-1-3(2-11)5(12)6(13-4)7(9)10/h1,7H,12H2. The van der Waals surface area contributed by atoms with Crippen molar-refractivity contribution in [3.63, 3.8) is 0 Å². The largest absolute Gasteiger partial charge is 0.396 e. The maximum atomic E-state index is 12.2. The molecule has 1 aromatic rings. The van der Waals surface area contributed by atoms with Crippen LogP contribution in [0.25, 0.3) is 0 Å². The van der Waals surface area contributed by atoms with Gasteiger partial charge < -0.3 is 5.73 Å². The first-order valence-corrected chi connectivity index (χ1v) is 3.58. The molecular weight excluding hydrogens is 200 g/mol. The van der Waals surface area contributed by atoms with Crippen molar-refractivity contribution in [2.24, 2.45) is 0 Å². The average molecular weight is 204 g/mol. The average Bonchev–Trinajstić information content (AvgIpc) is 2.08. The number of nitrogens with zero attached hydrogens (tertiary/aromatic N) is 2. The molecule has 1 aromatic heterocycles. The predicted octanol–water partition coefficient (Wildman–Crippen LogP) is 2.13. The second-order valence-electron chi connectivity index (χ2n) is 2.20. The van der Waals surface area contributed by atoms with Crippen LogP contribution >= 0.6 is 11.6 Å². The molecular formula is C7H4ClF2N3. The summed E-state index contributed by atoms with van der Waals surface area (Å²) < 4.78 is 24.4. The number of halogens is 3. The Kier molecular flexibility index (Phi) is 2.63. The Morgan fingerprint density at radius 2 is 2.23 bits per heavy atom. The molecule has 0 aliphatic rings. The summed E-state index contributed by atoms with van der Waals surface area (Å²) in [7, 11) is 0. The number of pyridine rings is 1. The van der Waals surface area contributed by atoms with Crippen molar-refractivity contribution in [2.75, 3.05) is 5.73 Å². The van der Waals surface area contributed by atoms with E-state index in [0.717, 1.165) is 6.07 Å². The molecule has 0 saturated carbocycles. The third kappa shape index (κ3) is 1.84. The highest BCUT2D eigenvalue weighted by Crippen LogP contribution is 2.27. The number of aromatic nitrogens is 1. The first-order chi connectivity index (χ1) is 6.06. The second-order valence-corrected chi connectivity index (χ2v) is 2.59. The lowest BCUT2D eigenvalue weighted by Crippen LogP contribution is -2.01. The van der Waals surface area contributed by atoms with Crippen LogP contribution in [-0.4, -0.2) is 4.98 Å². The molecule has 0 fully saturated rings. The summed E-state index contributed by atoms with van der Waals surface area (Å²) in [6.45, 7) is 0. The summed E-state index contributed by atoms with van der Waals surface area (Å²) in [6, 6.07) is 2.79. The predicted molar refractivity (Wildman–Crippen MR) is 43.3 cm³/mol. The number of hydrogen-bond acceptors (Lipinski definition) is 3. The molecule has 0 saturated heterocycles. The molecule has 0 bridgehead atoms. The van der Waals surface area contributed by atoms with Crippen LogP contribution in [0.15, 0.2) is 6.07 Å². The zero-order valence-electron chi connectivity index (χ0n) is 6.26. The van der Waals surface area contributed by atoms with E-state index in [1.807, 2.05) is 0 Å². The molecule has 0 radical (unpaired) electrons. The molecule has 1 rings (SSSR count). The molecule has 0 aliphatic carbocycles. The highest BCUT2D eigenvalue weighted by Gasteiger charge is 2.17.